The van der Waals surface area contributed by atoms with Crippen molar-refractivity contribution in [2.24, 2.45) is 5.92 Å². The summed E-state index contributed by atoms with van der Waals surface area (Å²) in [4.78, 5) is 39.7. The van der Waals surface area contributed by atoms with Gasteiger partial charge in [0.05, 0.1) is 5.39 Å². The van der Waals surface area contributed by atoms with Gasteiger partial charge in [0, 0.05) is 51.2 Å². The Bertz CT molecular complexity index is 1150. The molecule has 0 bridgehead atoms. The third-order valence-corrected chi connectivity index (χ3v) is 9.68. The molecule has 0 radical (unpaired) electrons. The molecule has 9 heteroatoms. The van der Waals surface area contributed by atoms with E-state index < -0.39 is 0 Å². The summed E-state index contributed by atoms with van der Waals surface area (Å²) in [7, 11) is 0. The minimum absolute atomic E-state index is 0.00410. The van der Waals surface area contributed by atoms with Crippen LogP contribution in [0.5, 0.6) is 0 Å². The van der Waals surface area contributed by atoms with E-state index in [0.29, 0.717) is 16.7 Å². The van der Waals surface area contributed by atoms with Gasteiger partial charge in [0.2, 0.25) is 0 Å². The first-order chi connectivity index (χ1) is 19.7. The minimum Gasteiger partial charge on any atom is -0.357 e. The van der Waals surface area contributed by atoms with Crippen molar-refractivity contribution in [1.29, 1.82) is 0 Å². The summed E-state index contributed by atoms with van der Waals surface area (Å²) in [6.45, 7) is 8.73. The number of aromatic nitrogens is 3. The van der Waals surface area contributed by atoms with Crippen molar-refractivity contribution in [2.75, 3.05) is 57.3 Å². The Kier molecular flexibility index (Phi) is 8.97. The molecule has 3 saturated heterocycles. The number of piperidine rings is 1. The lowest BCUT2D eigenvalue weighted by atomic mass is 9.89. The molecule has 0 atom stereocenters. The molecular formula is C31H47N7O2. The number of hydrogen-bond donors (Lipinski definition) is 1. The van der Waals surface area contributed by atoms with E-state index in [1.165, 1.54) is 49.9 Å². The molecule has 5 heterocycles. The maximum absolute atomic E-state index is 13.7. The Morgan fingerprint density at radius 3 is 2.08 bits per heavy atom. The average Bonchev–Trinajstić information content (AvgIpc) is 3.57. The molecule has 1 N–H and O–H groups in total. The highest BCUT2D eigenvalue weighted by atomic mass is 16.2. The van der Waals surface area contributed by atoms with Gasteiger partial charge in [0.1, 0.15) is 5.82 Å². The van der Waals surface area contributed by atoms with E-state index in [1.807, 2.05) is 12.1 Å². The molecule has 40 heavy (non-hydrogen) atoms. The van der Waals surface area contributed by atoms with E-state index in [4.69, 9.17) is 4.98 Å². The fraction of sp³-hybridized carbons (Fsp3) is 0.742. The second-order valence-electron chi connectivity index (χ2n) is 12.5. The lowest BCUT2D eigenvalue weighted by molar-refractivity contribution is 0.0788. The van der Waals surface area contributed by atoms with Crippen LogP contribution in [0.2, 0.25) is 0 Å². The molecule has 6 rings (SSSR count). The number of pyridine rings is 1. The molecule has 0 aromatic carbocycles. The summed E-state index contributed by atoms with van der Waals surface area (Å²) in [5, 5.41) is 8.63. The van der Waals surface area contributed by atoms with Crippen LogP contribution in [0.15, 0.2) is 12.1 Å². The molecule has 9 nitrogen and oxygen atoms in total. The van der Waals surface area contributed by atoms with Gasteiger partial charge >= 0.3 is 0 Å². The van der Waals surface area contributed by atoms with Crippen LogP contribution in [0, 0.1) is 5.92 Å². The number of likely N-dealkylation sites (tertiary alicyclic amines) is 2. The molecule has 1 amide bonds. The summed E-state index contributed by atoms with van der Waals surface area (Å²) < 4.78 is 1.47. The zero-order valence-electron chi connectivity index (χ0n) is 24.2. The normalized spacial score (nSPS) is 22.6. The number of amides is 1. The zero-order chi connectivity index (χ0) is 27.3. The first-order valence-electron chi connectivity index (χ1n) is 16.1. The van der Waals surface area contributed by atoms with Crippen molar-refractivity contribution < 1.29 is 9.59 Å². The molecule has 3 aliphatic heterocycles. The maximum atomic E-state index is 13.7. The fourth-order valence-electron chi connectivity index (χ4n) is 7.15. The van der Waals surface area contributed by atoms with Gasteiger partial charge in [-0.25, -0.2) is 4.98 Å². The summed E-state index contributed by atoms with van der Waals surface area (Å²) in [5.41, 5.74) is 0.879. The third kappa shape index (κ3) is 6.35. The molecule has 2 aromatic rings. The van der Waals surface area contributed by atoms with Gasteiger partial charge in [0.25, 0.3) is 11.8 Å². The Morgan fingerprint density at radius 1 is 0.750 bits per heavy atom. The van der Waals surface area contributed by atoms with Crippen LogP contribution in [0.1, 0.15) is 98.8 Å². The summed E-state index contributed by atoms with van der Waals surface area (Å²) >= 11 is 0. The van der Waals surface area contributed by atoms with Crippen molar-refractivity contribution >= 4 is 28.7 Å². The quantitative estimate of drug-likeness (QED) is 0.550. The molecule has 1 aliphatic carbocycles. The molecule has 2 aromatic heterocycles. The van der Waals surface area contributed by atoms with Crippen LogP contribution in [0.3, 0.4) is 0 Å². The van der Waals surface area contributed by atoms with Crippen LogP contribution >= 0.6 is 0 Å². The van der Waals surface area contributed by atoms with Crippen LogP contribution < -0.4 is 10.2 Å². The van der Waals surface area contributed by atoms with E-state index >= 15 is 0 Å². The molecule has 0 unspecified atom stereocenters. The average molecular weight is 550 g/mol. The lowest BCUT2D eigenvalue weighted by Gasteiger charge is -2.33. The number of rotatable bonds is 7. The van der Waals surface area contributed by atoms with Crippen molar-refractivity contribution in [3.63, 3.8) is 0 Å². The van der Waals surface area contributed by atoms with Crippen molar-refractivity contribution in [3.8, 4) is 0 Å². The summed E-state index contributed by atoms with van der Waals surface area (Å²) in [5.74, 6) is 0.664. The summed E-state index contributed by atoms with van der Waals surface area (Å²) in [6, 6.07) is 4.12. The Labute approximate surface area is 238 Å². The van der Waals surface area contributed by atoms with Gasteiger partial charge in [-0.1, -0.05) is 32.1 Å². The van der Waals surface area contributed by atoms with Gasteiger partial charge < -0.3 is 20.0 Å². The highest BCUT2D eigenvalue weighted by molar-refractivity contribution is 6.06. The van der Waals surface area contributed by atoms with Crippen LogP contribution in [-0.4, -0.2) is 94.8 Å². The van der Waals surface area contributed by atoms with E-state index in [2.05, 4.69) is 25.1 Å². The van der Waals surface area contributed by atoms with E-state index in [1.54, 1.807) is 0 Å². The number of fused-ring (bicyclic) bond motifs is 1. The van der Waals surface area contributed by atoms with Crippen LogP contribution in [-0.2, 0) is 0 Å². The zero-order valence-corrected chi connectivity index (χ0v) is 24.2. The van der Waals surface area contributed by atoms with Gasteiger partial charge in [-0.2, -0.15) is 9.78 Å². The molecule has 218 valence electrons. The highest BCUT2D eigenvalue weighted by Gasteiger charge is 2.30. The van der Waals surface area contributed by atoms with Crippen molar-refractivity contribution in [3.05, 3.63) is 17.8 Å². The molecule has 4 aliphatic rings. The first kappa shape index (κ1) is 27.6. The van der Waals surface area contributed by atoms with Gasteiger partial charge in [0.15, 0.2) is 11.3 Å². The molecule has 4 fully saturated rings. The first-order valence-corrected chi connectivity index (χ1v) is 16.1. The standard InChI is InChI=1S/C31H47N7O2/c39-30(32-25-14-20-36(21-15-25)23-22-35-16-8-9-17-35)28-26-12-13-27(37-18-6-1-2-7-19-37)33-29(26)38(34-28)31(40)24-10-4-3-5-11-24/h12-13,24-25H,1-11,14-23H2,(H,32,39). The third-order valence-electron chi connectivity index (χ3n) is 9.68. The van der Waals surface area contributed by atoms with E-state index in [0.717, 1.165) is 96.5 Å². The predicted octanol–water partition coefficient (Wildman–Crippen LogP) is 4.32. The monoisotopic (exact) mass is 549 g/mol. The Hall–Kier alpha value is -2.52. The number of anilines is 1. The Morgan fingerprint density at radius 2 is 1.38 bits per heavy atom. The van der Waals surface area contributed by atoms with Crippen molar-refractivity contribution in [1.82, 2.24) is 29.9 Å². The minimum atomic E-state index is -0.181. The van der Waals surface area contributed by atoms with Gasteiger partial charge in [-0.15, -0.1) is 0 Å². The number of nitrogens with zero attached hydrogens (tertiary/aromatic N) is 6. The fourth-order valence-corrected chi connectivity index (χ4v) is 7.15. The number of hydrogen-bond acceptors (Lipinski definition) is 7. The molecule has 0 spiro atoms. The summed E-state index contributed by atoms with van der Waals surface area (Å²) in [6.07, 6.45) is 14.5. The Balaban J connectivity index is 1.17. The predicted molar refractivity (Wildman–Crippen MR) is 158 cm³/mol. The topological polar surface area (TPSA) is 86.6 Å². The van der Waals surface area contributed by atoms with Crippen molar-refractivity contribution in [2.45, 2.75) is 89.5 Å². The smallest absolute Gasteiger partial charge is 0.272 e. The van der Waals surface area contributed by atoms with Gasteiger partial charge in [-0.05, 0) is 76.6 Å². The van der Waals surface area contributed by atoms with Crippen LogP contribution in [0.4, 0.5) is 5.82 Å². The lowest BCUT2D eigenvalue weighted by Crippen LogP contribution is -2.46. The van der Waals surface area contributed by atoms with Gasteiger partial charge in [-0.3, -0.25) is 9.59 Å². The van der Waals surface area contributed by atoms with E-state index in [9.17, 15) is 9.59 Å². The number of nitrogens with one attached hydrogen (secondary N) is 1. The second-order valence-corrected chi connectivity index (χ2v) is 12.5. The highest BCUT2D eigenvalue weighted by Crippen LogP contribution is 2.29. The maximum Gasteiger partial charge on any atom is 0.272 e. The SMILES string of the molecule is O=C(NC1CCN(CCN2CCCC2)CC1)c1nn(C(=O)C2CCCCC2)c2nc(N3CCCCCC3)ccc12. The van der Waals surface area contributed by atoms with E-state index in [-0.39, 0.29) is 23.8 Å². The number of carbonyl (C=O) groups is 2. The largest absolute Gasteiger partial charge is 0.357 e. The van der Waals surface area contributed by atoms with Crippen LogP contribution in [0.25, 0.3) is 11.0 Å². The molecule has 1 saturated carbocycles. The second kappa shape index (κ2) is 13.0. The number of carbonyl (C=O) groups excluding carboxylic acids is 2. The molecular weight excluding hydrogens is 502 g/mol.